The topological polar surface area (TPSA) is 70.2 Å². The van der Waals surface area contributed by atoms with Crippen molar-refractivity contribution < 1.29 is 21.6 Å². The quantitative estimate of drug-likeness (QED) is 0.324. The SMILES string of the molecule is Cc1cccc(CCN(Cc2cc3cc(C)c(C)cc3[nH]c2=O)S(=O)(=O)c2ccc(C(F)(F)F)cc2)c1. The van der Waals surface area contributed by atoms with Crippen LogP contribution in [0.2, 0.25) is 0 Å². The monoisotopic (exact) mass is 528 g/mol. The second-order valence-electron chi connectivity index (χ2n) is 9.25. The van der Waals surface area contributed by atoms with Crippen LogP contribution in [0.25, 0.3) is 10.9 Å². The van der Waals surface area contributed by atoms with Gasteiger partial charge in [-0.05, 0) is 91.7 Å². The molecule has 0 bridgehead atoms. The Balaban J connectivity index is 1.73. The highest BCUT2D eigenvalue weighted by Crippen LogP contribution is 2.30. The summed E-state index contributed by atoms with van der Waals surface area (Å²) < 4.78 is 67.4. The summed E-state index contributed by atoms with van der Waals surface area (Å²) in [7, 11) is -4.21. The largest absolute Gasteiger partial charge is 0.416 e. The van der Waals surface area contributed by atoms with E-state index in [0.717, 1.165) is 56.2 Å². The number of sulfonamides is 1. The number of rotatable bonds is 7. The first-order valence-electron chi connectivity index (χ1n) is 11.7. The number of pyridine rings is 1. The maximum absolute atomic E-state index is 13.6. The molecule has 1 aromatic heterocycles. The highest BCUT2D eigenvalue weighted by atomic mass is 32.2. The summed E-state index contributed by atoms with van der Waals surface area (Å²) in [6.07, 6.45) is -4.21. The molecule has 0 aliphatic rings. The van der Waals surface area contributed by atoms with Gasteiger partial charge in [-0.15, -0.1) is 0 Å². The summed E-state index contributed by atoms with van der Waals surface area (Å²) in [6.45, 7) is 5.62. The number of fused-ring (bicyclic) bond motifs is 1. The Morgan fingerprint density at radius 3 is 2.22 bits per heavy atom. The van der Waals surface area contributed by atoms with Crippen LogP contribution in [0.3, 0.4) is 0 Å². The molecular weight excluding hydrogens is 501 g/mol. The van der Waals surface area contributed by atoms with Gasteiger partial charge in [-0.3, -0.25) is 4.79 Å². The van der Waals surface area contributed by atoms with Crippen molar-refractivity contribution in [3.8, 4) is 0 Å². The molecule has 4 aromatic rings. The van der Waals surface area contributed by atoms with Crippen LogP contribution >= 0.6 is 0 Å². The van der Waals surface area contributed by atoms with Crippen LogP contribution < -0.4 is 5.56 Å². The van der Waals surface area contributed by atoms with Crippen molar-refractivity contribution in [1.29, 1.82) is 0 Å². The lowest BCUT2D eigenvalue weighted by Gasteiger charge is -2.23. The van der Waals surface area contributed by atoms with Gasteiger partial charge < -0.3 is 4.98 Å². The summed E-state index contributed by atoms with van der Waals surface area (Å²) in [5.74, 6) is 0. The molecule has 0 fully saturated rings. The van der Waals surface area contributed by atoms with Crippen molar-refractivity contribution in [2.75, 3.05) is 6.54 Å². The summed E-state index contributed by atoms with van der Waals surface area (Å²) >= 11 is 0. The minimum Gasteiger partial charge on any atom is -0.322 e. The number of hydrogen-bond acceptors (Lipinski definition) is 3. The number of hydrogen-bond donors (Lipinski definition) is 1. The zero-order chi connectivity index (χ0) is 27.0. The number of halogens is 3. The van der Waals surface area contributed by atoms with Crippen LogP contribution in [0.1, 0.15) is 33.4 Å². The number of benzene rings is 3. The molecule has 0 spiro atoms. The summed E-state index contributed by atoms with van der Waals surface area (Å²) in [6, 6.07) is 16.5. The molecule has 0 amide bonds. The van der Waals surface area contributed by atoms with E-state index >= 15 is 0 Å². The number of aromatic amines is 1. The minimum atomic E-state index is -4.58. The number of nitrogens with one attached hydrogen (secondary N) is 1. The molecule has 0 aliphatic carbocycles. The number of aromatic nitrogens is 1. The van der Waals surface area contributed by atoms with Crippen LogP contribution in [0, 0.1) is 20.8 Å². The van der Waals surface area contributed by atoms with Gasteiger partial charge >= 0.3 is 6.18 Å². The van der Waals surface area contributed by atoms with E-state index in [4.69, 9.17) is 0 Å². The lowest BCUT2D eigenvalue weighted by molar-refractivity contribution is -0.137. The highest BCUT2D eigenvalue weighted by Gasteiger charge is 2.32. The first-order chi connectivity index (χ1) is 17.3. The van der Waals surface area contributed by atoms with Crippen LogP contribution in [0.15, 0.2) is 76.4 Å². The van der Waals surface area contributed by atoms with E-state index in [-0.39, 0.29) is 23.5 Å². The molecule has 37 heavy (non-hydrogen) atoms. The number of nitrogens with zero attached hydrogens (tertiary/aromatic N) is 1. The smallest absolute Gasteiger partial charge is 0.322 e. The van der Waals surface area contributed by atoms with Gasteiger partial charge in [0.15, 0.2) is 0 Å². The van der Waals surface area contributed by atoms with E-state index in [1.807, 2.05) is 57.2 Å². The normalized spacial score (nSPS) is 12.4. The third-order valence-corrected chi connectivity index (χ3v) is 8.29. The predicted molar refractivity (Wildman–Crippen MR) is 138 cm³/mol. The predicted octanol–water partition coefficient (Wildman–Crippen LogP) is 5.91. The Hall–Kier alpha value is -3.43. The van der Waals surface area contributed by atoms with Crippen molar-refractivity contribution in [2.24, 2.45) is 0 Å². The summed E-state index contributed by atoms with van der Waals surface area (Å²) in [5.41, 5.74) is 3.51. The van der Waals surface area contributed by atoms with E-state index in [1.54, 1.807) is 6.07 Å². The van der Waals surface area contributed by atoms with E-state index in [0.29, 0.717) is 11.9 Å². The van der Waals surface area contributed by atoms with Gasteiger partial charge in [0.05, 0.1) is 10.5 Å². The third-order valence-electron chi connectivity index (χ3n) is 6.43. The van der Waals surface area contributed by atoms with E-state index in [9.17, 15) is 26.4 Å². The summed E-state index contributed by atoms with van der Waals surface area (Å²) in [5, 5.41) is 0.767. The molecule has 0 radical (unpaired) electrons. The standard InChI is InChI=1S/C28H27F3N2O3S/c1-18-5-4-6-21(13-18)11-12-33(37(35,36)25-9-7-24(8-10-25)28(29,30)31)17-23-16-22-14-19(2)20(3)15-26(22)32-27(23)34/h4-10,13-16H,11-12,17H2,1-3H3,(H,32,34). The van der Waals surface area contributed by atoms with Gasteiger partial charge in [0.25, 0.3) is 5.56 Å². The molecule has 3 aromatic carbocycles. The molecule has 1 N–H and O–H groups in total. The number of aryl methyl sites for hydroxylation is 3. The van der Waals surface area contributed by atoms with Gasteiger partial charge in [-0.25, -0.2) is 8.42 Å². The average molecular weight is 529 g/mol. The van der Waals surface area contributed by atoms with Crippen molar-refractivity contribution >= 4 is 20.9 Å². The fourth-order valence-electron chi connectivity index (χ4n) is 4.20. The van der Waals surface area contributed by atoms with Gasteiger partial charge in [-0.1, -0.05) is 29.8 Å². The summed E-state index contributed by atoms with van der Waals surface area (Å²) in [4.78, 5) is 15.5. The number of H-pyrrole nitrogens is 1. The first-order valence-corrected chi connectivity index (χ1v) is 13.1. The molecule has 1 heterocycles. The molecule has 0 saturated carbocycles. The maximum atomic E-state index is 13.6. The lowest BCUT2D eigenvalue weighted by atomic mass is 10.0. The second kappa shape index (κ2) is 10.1. The van der Waals surface area contributed by atoms with Crippen LogP contribution in [-0.4, -0.2) is 24.3 Å². The Labute approximate surface area is 213 Å². The van der Waals surface area contributed by atoms with E-state index in [2.05, 4.69) is 4.98 Å². The van der Waals surface area contributed by atoms with Crippen molar-refractivity contribution in [3.63, 3.8) is 0 Å². The minimum absolute atomic E-state index is 0.0389. The second-order valence-corrected chi connectivity index (χ2v) is 11.2. The Bertz CT molecular complexity index is 1610. The molecule has 0 aliphatic heterocycles. The zero-order valence-electron chi connectivity index (χ0n) is 20.7. The highest BCUT2D eigenvalue weighted by molar-refractivity contribution is 7.89. The third kappa shape index (κ3) is 5.94. The van der Waals surface area contributed by atoms with E-state index in [1.165, 1.54) is 0 Å². The van der Waals surface area contributed by atoms with Gasteiger partial charge in [-0.2, -0.15) is 17.5 Å². The van der Waals surface area contributed by atoms with Crippen molar-refractivity contribution in [1.82, 2.24) is 9.29 Å². The van der Waals surface area contributed by atoms with Gasteiger partial charge in [0, 0.05) is 24.2 Å². The Morgan fingerprint density at radius 1 is 0.892 bits per heavy atom. The molecule has 5 nitrogen and oxygen atoms in total. The fraction of sp³-hybridized carbons (Fsp3) is 0.250. The van der Waals surface area contributed by atoms with Gasteiger partial charge in [0.2, 0.25) is 10.0 Å². The molecule has 9 heteroatoms. The fourth-order valence-corrected chi connectivity index (χ4v) is 5.62. The van der Waals surface area contributed by atoms with Crippen molar-refractivity contribution in [2.45, 2.75) is 44.8 Å². The van der Waals surface area contributed by atoms with Gasteiger partial charge in [0.1, 0.15) is 0 Å². The average Bonchev–Trinajstić information content (AvgIpc) is 2.82. The van der Waals surface area contributed by atoms with Crippen LogP contribution in [0.5, 0.6) is 0 Å². The maximum Gasteiger partial charge on any atom is 0.416 e. The lowest BCUT2D eigenvalue weighted by Crippen LogP contribution is -2.34. The molecule has 0 saturated heterocycles. The van der Waals surface area contributed by atoms with Crippen LogP contribution in [0.4, 0.5) is 13.2 Å². The zero-order valence-corrected chi connectivity index (χ0v) is 21.5. The molecule has 4 rings (SSSR count). The first kappa shape index (κ1) is 26.6. The molecule has 0 unspecified atom stereocenters. The molecule has 194 valence electrons. The van der Waals surface area contributed by atoms with Crippen LogP contribution in [-0.2, 0) is 29.2 Å². The van der Waals surface area contributed by atoms with E-state index < -0.39 is 27.3 Å². The Kier molecular flexibility index (Phi) is 7.30. The molecule has 0 atom stereocenters. The molecular formula is C28H27F3N2O3S. The van der Waals surface area contributed by atoms with Crippen molar-refractivity contribution in [3.05, 3.63) is 110 Å². The Morgan fingerprint density at radius 2 is 1.57 bits per heavy atom. The number of alkyl halides is 3.